The Balaban J connectivity index is 4.88. The molecule has 0 aromatic carbocycles. The number of rotatable bonds is 19. The largest absolute Gasteiger partial charge is 0.466 e. The molecule has 10 heteroatoms. The lowest BCUT2D eigenvalue weighted by molar-refractivity contribution is -0.144. The van der Waals surface area contributed by atoms with E-state index in [1.54, 1.807) is 33.9 Å². The molecule has 0 aromatic rings. The standard InChI is InChI=1S/C23H40N2O8/c1-5-30-20(26)10-16-24(17-11-21(27)31-6-2)14-9-15-25(18-12-22(28)32-7-3)19-13-23(29)33-8-4/h10,16H,5-9,11-15,17-19H2,1-4H3/b16-10+. The highest BCUT2D eigenvalue weighted by molar-refractivity contribution is 5.81. The first-order valence-electron chi connectivity index (χ1n) is 11.6. The Labute approximate surface area is 197 Å². The molecule has 0 amide bonds. The second kappa shape index (κ2) is 20.0. The molecule has 0 atom stereocenters. The van der Waals surface area contributed by atoms with E-state index in [0.717, 1.165) is 0 Å². The molecule has 0 N–H and O–H groups in total. The molecule has 0 aromatic heterocycles. The van der Waals surface area contributed by atoms with Crippen molar-refractivity contribution in [3.05, 3.63) is 12.3 Å². The van der Waals surface area contributed by atoms with E-state index in [4.69, 9.17) is 18.9 Å². The highest BCUT2D eigenvalue weighted by Crippen LogP contribution is 2.03. The predicted octanol–water partition coefficient (Wildman–Crippen LogP) is 1.92. The van der Waals surface area contributed by atoms with E-state index >= 15 is 0 Å². The topological polar surface area (TPSA) is 112 Å². The Kier molecular flexibility index (Phi) is 18.4. The molecule has 0 radical (unpaired) electrons. The van der Waals surface area contributed by atoms with E-state index in [-0.39, 0.29) is 43.8 Å². The molecule has 0 unspecified atom stereocenters. The zero-order valence-electron chi connectivity index (χ0n) is 20.5. The van der Waals surface area contributed by atoms with Crippen LogP contribution >= 0.6 is 0 Å². The maximum Gasteiger partial charge on any atom is 0.332 e. The maximum absolute atomic E-state index is 11.7. The van der Waals surface area contributed by atoms with Gasteiger partial charge in [-0.3, -0.25) is 14.4 Å². The lowest BCUT2D eigenvalue weighted by Gasteiger charge is -2.24. The van der Waals surface area contributed by atoms with Crippen LogP contribution in [0.25, 0.3) is 0 Å². The molecule has 33 heavy (non-hydrogen) atoms. The summed E-state index contributed by atoms with van der Waals surface area (Å²) in [5.74, 6) is -1.33. The highest BCUT2D eigenvalue weighted by Gasteiger charge is 2.13. The van der Waals surface area contributed by atoms with E-state index in [0.29, 0.717) is 59.0 Å². The zero-order chi connectivity index (χ0) is 24.9. The molecule has 0 aliphatic heterocycles. The lowest BCUT2D eigenvalue weighted by Crippen LogP contribution is -2.33. The second-order valence-electron chi connectivity index (χ2n) is 6.96. The van der Waals surface area contributed by atoms with Gasteiger partial charge in [0, 0.05) is 38.5 Å². The third kappa shape index (κ3) is 17.6. The minimum Gasteiger partial charge on any atom is -0.466 e. The van der Waals surface area contributed by atoms with Crippen molar-refractivity contribution in [3.63, 3.8) is 0 Å². The van der Waals surface area contributed by atoms with E-state index in [9.17, 15) is 19.2 Å². The summed E-state index contributed by atoms with van der Waals surface area (Å²) in [6.07, 6.45) is 4.27. The van der Waals surface area contributed by atoms with Gasteiger partial charge in [-0.1, -0.05) is 0 Å². The Hall–Kier alpha value is -2.62. The molecule has 0 bridgehead atoms. The maximum atomic E-state index is 11.7. The van der Waals surface area contributed by atoms with Gasteiger partial charge in [-0.2, -0.15) is 0 Å². The quantitative estimate of drug-likeness (QED) is 0.157. The van der Waals surface area contributed by atoms with Crippen molar-refractivity contribution >= 4 is 23.9 Å². The van der Waals surface area contributed by atoms with E-state index in [1.807, 2.05) is 9.80 Å². The number of hydrogen-bond donors (Lipinski definition) is 0. The lowest BCUT2D eigenvalue weighted by atomic mass is 10.2. The zero-order valence-corrected chi connectivity index (χ0v) is 20.5. The molecular weight excluding hydrogens is 432 g/mol. The fourth-order valence-electron chi connectivity index (χ4n) is 2.88. The molecule has 0 aliphatic carbocycles. The summed E-state index contributed by atoms with van der Waals surface area (Å²) in [5, 5.41) is 0. The normalized spacial score (nSPS) is 10.8. The van der Waals surface area contributed by atoms with Crippen molar-refractivity contribution in [3.8, 4) is 0 Å². The first-order valence-corrected chi connectivity index (χ1v) is 11.6. The molecule has 0 fully saturated rings. The summed E-state index contributed by atoms with van der Waals surface area (Å²) in [6.45, 7) is 10.7. The van der Waals surface area contributed by atoms with Gasteiger partial charge in [-0.15, -0.1) is 0 Å². The minimum absolute atomic E-state index is 0.191. The van der Waals surface area contributed by atoms with Gasteiger partial charge in [0.05, 0.1) is 45.7 Å². The van der Waals surface area contributed by atoms with E-state index in [2.05, 4.69) is 0 Å². The Bertz CT molecular complexity index is 587. The smallest absolute Gasteiger partial charge is 0.332 e. The number of esters is 4. The average Bonchev–Trinajstić information content (AvgIpc) is 2.77. The van der Waals surface area contributed by atoms with Crippen LogP contribution in [-0.2, 0) is 38.1 Å². The van der Waals surface area contributed by atoms with Crippen molar-refractivity contribution < 1.29 is 38.1 Å². The molecule has 0 saturated heterocycles. The Morgan fingerprint density at radius 3 is 1.52 bits per heavy atom. The molecular formula is C23H40N2O8. The van der Waals surface area contributed by atoms with Crippen LogP contribution in [0, 0.1) is 0 Å². The van der Waals surface area contributed by atoms with Gasteiger partial charge in [0.25, 0.3) is 0 Å². The predicted molar refractivity (Wildman–Crippen MR) is 122 cm³/mol. The van der Waals surface area contributed by atoms with Crippen LogP contribution in [0.15, 0.2) is 12.3 Å². The van der Waals surface area contributed by atoms with Gasteiger partial charge in [0.1, 0.15) is 0 Å². The summed E-state index contributed by atoms with van der Waals surface area (Å²) in [5.41, 5.74) is 0. The van der Waals surface area contributed by atoms with Crippen molar-refractivity contribution in [1.82, 2.24) is 9.80 Å². The summed E-state index contributed by atoms with van der Waals surface area (Å²) < 4.78 is 19.8. The van der Waals surface area contributed by atoms with Crippen molar-refractivity contribution in [2.24, 2.45) is 0 Å². The SMILES string of the molecule is CCOC(=O)/C=C/N(CCCN(CCC(=O)OCC)CCC(=O)OCC)CCC(=O)OCC. The first kappa shape index (κ1) is 30.4. The van der Waals surface area contributed by atoms with Crippen LogP contribution in [0.2, 0.25) is 0 Å². The average molecular weight is 473 g/mol. The number of hydrogen-bond acceptors (Lipinski definition) is 10. The van der Waals surface area contributed by atoms with Gasteiger partial charge in [0.15, 0.2) is 0 Å². The molecule has 0 rings (SSSR count). The molecule has 0 aliphatic rings. The third-order valence-electron chi connectivity index (χ3n) is 4.41. The molecule has 10 nitrogen and oxygen atoms in total. The molecule has 0 heterocycles. The van der Waals surface area contributed by atoms with Gasteiger partial charge < -0.3 is 28.7 Å². The van der Waals surface area contributed by atoms with Crippen molar-refractivity contribution in [2.75, 3.05) is 59.2 Å². The van der Waals surface area contributed by atoms with E-state index in [1.165, 1.54) is 6.08 Å². The summed E-state index contributed by atoms with van der Waals surface area (Å²) in [4.78, 5) is 50.7. The number of carbonyl (C=O) groups excluding carboxylic acids is 4. The van der Waals surface area contributed by atoms with Gasteiger partial charge in [-0.25, -0.2) is 4.79 Å². The second-order valence-corrected chi connectivity index (χ2v) is 6.96. The summed E-state index contributed by atoms with van der Waals surface area (Å²) in [6, 6.07) is 0. The van der Waals surface area contributed by atoms with Crippen LogP contribution in [-0.4, -0.2) is 92.8 Å². The number of carbonyl (C=O) groups is 4. The fraction of sp³-hybridized carbons (Fsp3) is 0.739. The third-order valence-corrected chi connectivity index (χ3v) is 4.41. The summed E-state index contributed by atoms with van der Waals surface area (Å²) >= 11 is 0. The fourth-order valence-corrected chi connectivity index (χ4v) is 2.88. The minimum atomic E-state index is -0.455. The van der Waals surface area contributed by atoms with Crippen LogP contribution in [0.1, 0.15) is 53.4 Å². The number of nitrogens with zero attached hydrogens (tertiary/aromatic N) is 2. The highest BCUT2D eigenvalue weighted by atomic mass is 16.5. The van der Waals surface area contributed by atoms with Crippen LogP contribution in [0.3, 0.4) is 0 Å². The monoisotopic (exact) mass is 472 g/mol. The van der Waals surface area contributed by atoms with Crippen LogP contribution < -0.4 is 0 Å². The molecule has 190 valence electrons. The molecule has 0 saturated carbocycles. The van der Waals surface area contributed by atoms with Crippen LogP contribution in [0.5, 0.6) is 0 Å². The first-order chi connectivity index (χ1) is 15.9. The van der Waals surface area contributed by atoms with E-state index < -0.39 is 5.97 Å². The van der Waals surface area contributed by atoms with Crippen LogP contribution in [0.4, 0.5) is 0 Å². The number of ether oxygens (including phenoxy) is 4. The van der Waals surface area contributed by atoms with Gasteiger partial charge >= 0.3 is 23.9 Å². The van der Waals surface area contributed by atoms with Crippen molar-refractivity contribution in [1.29, 1.82) is 0 Å². The Morgan fingerprint density at radius 2 is 1.06 bits per heavy atom. The Morgan fingerprint density at radius 1 is 0.606 bits per heavy atom. The van der Waals surface area contributed by atoms with Gasteiger partial charge in [0.2, 0.25) is 0 Å². The summed E-state index contributed by atoms with van der Waals surface area (Å²) in [7, 11) is 0. The van der Waals surface area contributed by atoms with Gasteiger partial charge in [-0.05, 0) is 40.7 Å². The molecule has 0 spiro atoms. The van der Waals surface area contributed by atoms with Crippen molar-refractivity contribution in [2.45, 2.75) is 53.4 Å².